The smallest absolute Gasteiger partial charge is 0.386 e. The van der Waals surface area contributed by atoms with Gasteiger partial charge in [0, 0.05) is 49.9 Å². The molecular weight excluding hydrogens is 859 g/mol. The summed E-state index contributed by atoms with van der Waals surface area (Å²) < 4.78 is 62.1. The third-order valence-electron chi connectivity index (χ3n) is 8.13. The Hall–Kier alpha value is -2.77. The summed E-state index contributed by atoms with van der Waals surface area (Å²) in [4.78, 5) is 99.1. The molecule has 1 fully saturated rings. The number of nitrogens with zero attached hydrogens (tertiary/aromatic N) is 4. The Morgan fingerprint density at radius 2 is 1.69 bits per heavy atom. The number of Topliss-reactive ketones (excluding diaryl/α,β-unsaturated/α-hetero) is 1. The molecule has 0 aromatic carbocycles. The van der Waals surface area contributed by atoms with E-state index >= 15 is 0 Å². The number of fused-ring (bicyclic) bond motifs is 1. The minimum atomic E-state index is -5.58. The van der Waals surface area contributed by atoms with Gasteiger partial charge in [-0.15, -0.1) is 0 Å². The Kier molecular flexibility index (Phi) is 18.5. The van der Waals surface area contributed by atoms with Crippen LogP contribution in [0.3, 0.4) is 0 Å². The Bertz CT molecular complexity index is 1900. The number of ketones is 1. The van der Waals surface area contributed by atoms with Gasteiger partial charge in [-0.1, -0.05) is 32.5 Å². The lowest BCUT2D eigenvalue weighted by molar-refractivity contribution is -0.137. The van der Waals surface area contributed by atoms with Crippen molar-refractivity contribution in [2.75, 3.05) is 37.8 Å². The number of ether oxygens (including phenoxy) is 1. The van der Waals surface area contributed by atoms with E-state index in [1.807, 2.05) is 6.92 Å². The highest BCUT2D eigenvalue weighted by molar-refractivity contribution is 8.13. The van der Waals surface area contributed by atoms with Crippen molar-refractivity contribution in [1.82, 2.24) is 30.2 Å². The Balaban J connectivity index is 1.44. The zero-order valence-electron chi connectivity index (χ0n) is 31.5. The van der Waals surface area contributed by atoms with Crippen LogP contribution in [0.25, 0.3) is 11.2 Å². The van der Waals surface area contributed by atoms with Crippen LogP contribution in [0.2, 0.25) is 0 Å². The van der Waals surface area contributed by atoms with Crippen molar-refractivity contribution in [3.8, 4) is 0 Å². The molecule has 1 aliphatic rings. The number of thioether (sulfide) groups is 1. The maximum atomic E-state index is 12.7. The molecule has 7 atom stereocenters. The minimum absolute atomic E-state index is 0.0260. The number of nitrogens with two attached hydrogens (primary N) is 1. The van der Waals surface area contributed by atoms with Gasteiger partial charge in [0.15, 0.2) is 22.8 Å². The molecule has 29 heteroatoms. The first-order valence-corrected chi connectivity index (χ1v) is 23.0. The van der Waals surface area contributed by atoms with Crippen LogP contribution < -0.4 is 16.4 Å². The molecule has 2 unspecified atom stereocenters. The van der Waals surface area contributed by atoms with Gasteiger partial charge in [0.1, 0.15) is 42.0 Å². The van der Waals surface area contributed by atoms with Gasteiger partial charge in [0.2, 0.25) is 11.8 Å². The topological polar surface area (TPSA) is 381 Å². The highest BCUT2D eigenvalue weighted by Crippen LogP contribution is 2.61. The number of nitrogen functional groups attached to an aromatic ring is 1. The number of aromatic nitrogens is 4. The van der Waals surface area contributed by atoms with E-state index < -0.39 is 84.6 Å². The van der Waals surface area contributed by atoms with E-state index in [1.54, 1.807) is 0 Å². The third kappa shape index (κ3) is 15.7. The summed E-state index contributed by atoms with van der Waals surface area (Å²) >= 11 is 1.02. The van der Waals surface area contributed by atoms with Gasteiger partial charge in [-0.05, 0) is 12.8 Å². The SMILES string of the molecule is CCCC(=O)CCCC(=O)SCCNC(=O)CCNC(=O)[C@H](O)C(C)(C)COP(=O)(O)OP(=O)(O)OC[C@H]1O[C@@H](n2cnc3c(N)ncnc32)[C@H](O)[C@@H]1OP(=O)(O)O. The fraction of sp³-hybridized carbons (Fsp3) is 0.690. The summed E-state index contributed by atoms with van der Waals surface area (Å²) in [5.41, 5.74) is 4.24. The van der Waals surface area contributed by atoms with Crippen molar-refractivity contribution in [3.63, 3.8) is 0 Å². The van der Waals surface area contributed by atoms with Gasteiger partial charge in [-0.2, -0.15) is 4.31 Å². The molecule has 0 spiro atoms. The van der Waals surface area contributed by atoms with Crippen molar-refractivity contribution in [1.29, 1.82) is 0 Å². The van der Waals surface area contributed by atoms with Crippen LogP contribution in [0.1, 0.15) is 65.5 Å². The van der Waals surface area contributed by atoms with Gasteiger partial charge >= 0.3 is 23.5 Å². The van der Waals surface area contributed by atoms with Crippen molar-refractivity contribution >= 4 is 74.9 Å². The van der Waals surface area contributed by atoms with Gasteiger partial charge < -0.3 is 50.9 Å². The summed E-state index contributed by atoms with van der Waals surface area (Å²) in [5, 5.41) is 26.2. The predicted octanol–water partition coefficient (Wildman–Crippen LogP) is 0.204. The first-order valence-electron chi connectivity index (χ1n) is 17.5. The number of nitrogens with one attached hydrogen (secondary N) is 2. The standard InChI is InChI=1S/C29H48N7O18P3S/c1-4-6-17(37)7-5-8-20(39)58-12-11-31-19(38)9-10-32-27(42)24(41)29(2,3)14-51-57(48,49)54-56(46,47)50-13-18-23(53-55(43,44)45)22(40)28(52-18)36-16-35-21-25(30)33-15-34-26(21)36/h15-16,18,22-24,28,40-41H,4-14H2,1-3H3,(H,31,38)(H,32,42)(H,46,47)(H,48,49)(H2,30,33,34)(H2,43,44,45)/t18-,22-,23-,24+,28-/m1/s1. The van der Waals surface area contributed by atoms with E-state index in [1.165, 1.54) is 13.8 Å². The molecule has 0 saturated carbocycles. The molecular formula is C29H48N7O18P3S. The predicted molar refractivity (Wildman–Crippen MR) is 201 cm³/mol. The average molecular weight is 908 g/mol. The molecule has 3 heterocycles. The van der Waals surface area contributed by atoms with Crippen LogP contribution in [0, 0.1) is 5.41 Å². The van der Waals surface area contributed by atoms with Gasteiger partial charge in [0.05, 0.1) is 19.5 Å². The maximum Gasteiger partial charge on any atom is 0.481 e. The number of imidazole rings is 1. The van der Waals surface area contributed by atoms with E-state index in [4.69, 9.17) is 19.5 Å². The summed E-state index contributed by atoms with van der Waals surface area (Å²) in [7, 11) is -16.4. The molecule has 0 bridgehead atoms. The number of phosphoric acid groups is 3. The second kappa shape index (κ2) is 21.7. The van der Waals surface area contributed by atoms with Gasteiger partial charge in [-0.3, -0.25) is 37.3 Å². The lowest BCUT2D eigenvalue weighted by atomic mass is 9.87. The van der Waals surface area contributed by atoms with E-state index in [0.29, 0.717) is 25.0 Å². The number of amides is 2. The highest BCUT2D eigenvalue weighted by atomic mass is 32.2. The molecule has 2 amide bonds. The maximum absolute atomic E-state index is 12.7. The summed E-state index contributed by atoms with van der Waals surface area (Å²) in [6.07, 6.45) is -4.68. The first-order chi connectivity index (χ1) is 26.9. The van der Waals surface area contributed by atoms with Crippen LogP contribution in [0.15, 0.2) is 12.7 Å². The fourth-order valence-electron chi connectivity index (χ4n) is 5.20. The molecule has 10 N–H and O–H groups in total. The molecule has 2 aromatic rings. The number of carbonyl (C=O) groups excluding carboxylic acids is 4. The quantitative estimate of drug-likeness (QED) is 0.0475. The van der Waals surface area contributed by atoms with Crippen molar-refractivity contribution in [2.24, 2.45) is 5.41 Å². The van der Waals surface area contributed by atoms with E-state index in [9.17, 15) is 62.7 Å². The molecule has 58 heavy (non-hydrogen) atoms. The summed E-state index contributed by atoms with van der Waals surface area (Å²) in [5.74, 6) is -1.09. The van der Waals surface area contributed by atoms with Crippen LogP contribution >= 0.6 is 35.2 Å². The van der Waals surface area contributed by atoms with E-state index in [2.05, 4.69) is 34.4 Å². The van der Waals surface area contributed by atoms with Crippen molar-refractivity contribution in [3.05, 3.63) is 12.7 Å². The number of hydrogen-bond acceptors (Lipinski definition) is 19. The fourth-order valence-corrected chi connectivity index (χ4v) is 8.75. The second-order valence-electron chi connectivity index (χ2n) is 13.4. The van der Waals surface area contributed by atoms with Gasteiger partial charge in [-0.25, -0.2) is 28.6 Å². The molecule has 0 radical (unpaired) electrons. The van der Waals surface area contributed by atoms with Gasteiger partial charge in [0.25, 0.3) is 0 Å². The van der Waals surface area contributed by atoms with E-state index in [-0.39, 0.29) is 53.8 Å². The average Bonchev–Trinajstić information content (AvgIpc) is 3.68. The lowest BCUT2D eigenvalue weighted by Crippen LogP contribution is -2.46. The summed E-state index contributed by atoms with van der Waals surface area (Å²) in [6, 6.07) is 0. The molecule has 3 rings (SSSR count). The first kappa shape index (κ1) is 49.6. The Morgan fingerprint density at radius 3 is 2.36 bits per heavy atom. The van der Waals surface area contributed by atoms with Crippen LogP contribution in [-0.4, -0.2) is 128 Å². The van der Waals surface area contributed by atoms with Crippen molar-refractivity contribution < 1.29 is 85.3 Å². The summed E-state index contributed by atoms with van der Waals surface area (Å²) in [6.45, 7) is 2.30. The Labute approximate surface area is 335 Å². The Morgan fingerprint density at radius 1 is 1.00 bits per heavy atom. The molecule has 1 aliphatic heterocycles. The molecule has 2 aromatic heterocycles. The normalized spacial score (nSPS) is 21.3. The second-order valence-corrected chi connectivity index (χ2v) is 18.8. The number of anilines is 1. The van der Waals surface area contributed by atoms with Crippen LogP contribution in [0.4, 0.5) is 5.82 Å². The van der Waals surface area contributed by atoms with E-state index in [0.717, 1.165) is 35.4 Å². The number of hydrogen-bond donors (Lipinski definition) is 9. The molecule has 328 valence electrons. The number of aliphatic hydroxyl groups is 2. The number of rotatable bonds is 25. The molecule has 1 saturated heterocycles. The third-order valence-corrected chi connectivity index (χ3v) is 12.2. The van der Waals surface area contributed by atoms with Crippen molar-refractivity contribution in [2.45, 2.75) is 89.9 Å². The van der Waals surface area contributed by atoms with Crippen LogP contribution in [0.5, 0.6) is 0 Å². The zero-order valence-corrected chi connectivity index (χ0v) is 35.0. The lowest BCUT2D eigenvalue weighted by Gasteiger charge is -2.30. The number of phosphoric ester groups is 3. The monoisotopic (exact) mass is 907 g/mol. The van der Waals surface area contributed by atoms with Crippen LogP contribution in [-0.2, 0) is 55.5 Å². The number of aliphatic hydroxyl groups excluding tert-OH is 2. The molecule has 25 nitrogen and oxygen atoms in total. The largest absolute Gasteiger partial charge is 0.481 e. The molecule has 0 aliphatic carbocycles. The highest BCUT2D eigenvalue weighted by Gasteiger charge is 2.50. The number of carbonyl (C=O) groups is 4. The minimum Gasteiger partial charge on any atom is -0.386 e. The zero-order chi connectivity index (χ0) is 43.5.